The fourth-order valence-electron chi connectivity index (χ4n) is 3.54. The number of esters is 1. The first-order valence-electron chi connectivity index (χ1n) is 11.0. The van der Waals surface area contributed by atoms with Gasteiger partial charge in [-0.25, -0.2) is 9.78 Å². The molecule has 1 heterocycles. The summed E-state index contributed by atoms with van der Waals surface area (Å²) in [6.07, 6.45) is 7.96. The van der Waals surface area contributed by atoms with Gasteiger partial charge in [-0.2, -0.15) is 0 Å². The average Bonchev–Trinajstić information content (AvgIpc) is 3.32. The summed E-state index contributed by atoms with van der Waals surface area (Å²) in [5.74, 6) is 0.470. The van der Waals surface area contributed by atoms with Crippen LogP contribution >= 0.6 is 0 Å². The number of carbonyl (C=O) groups is 2. The van der Waals surface area contributed by atoms with Crippen LogP contribution < -0.4 is 14.8 Å². The number of rotatable bonds is 10. The normalized spacial score (nSPS) is 13.8. The summed E-state index contributed by atoms with van der Waals surface area (Å²) in [5.41, 5.74) is 2.07. The number of allylic oxidation sites excluding steroid dienone is 1. The van der Waals surface area contributed by atoms with Crippen molar-refractivity contribution in [2.24, 2.45) is 0 Å². The van der Waals surface area contributed by atoms with Crippen molar-refractivity contribution in [2.75, 3.05) is 32.8 Å². The molecule has 1 aliphatic rings. The quantitative estimate of drug-likeness (QED) is 0.419. The molecule has 176 valence electrons. The molecule has 0 aliphatic heterocycles. The molecule has 1 atom stereocenters. The van der Waals surface area contributed by atoms with Crippen LogP contribution in [0.3, 0.4) is 0 Å². The van der Waals surface area contributed by atoms with Gasteiger partial charge < -0.3 is 24.3 Å². The zero-order chi connectivity index (χ0) is 23.6. The first-order valence-corrected chi connectivity index (χ1v) is 11.0. The Kier molecular flexibility index (Phi) is 8.83. The fraction of sp³-hybridized carbons (Fsp3) is 0.400. The lowest BCUT2D eigenvalue weighted by molar-refractivity contribution is 0.0600. The van der Waals surface area contributed by atoms with Crippen molar-refractivity contribution < 1.29 is 28.5 Å². The molecule has 0 radical (unpaired) electrons. The van der Waals surface area contributed by atoms with Crippen molar-refractivity contribution in [3.8, 4) is 11.5 Å². The second-order valence-electron chi connectivity index (χ2n) is 7.84. The minimum Gasteiger partial charge on any atom is -0.489 e. The Labute approximate surface area is 193 Å². The van der Waals surface area contributed by atoms with Crippen LogP contribution in [0.2, 0.25) is 0 Å². The van der Waals surface area contributed by atoms with E-state index in [2.05, 4.69) is 21.1 Å². The van der Waals surface area contributed by atoms with E-state index in [9.17, 15) is 9.59 Å². The first-order chi connectivity index (χ1) is 16.0. The van der Waals surface area contributed by atoms with Gasteiger partial charge in [-0.15, -0.1) is 0 Å². The number of anilines is 1. The van der Waals surface area contributed by atoms with Gasteiger partial charge >= 0.3 is 5.97 Å². The second kappa shape index (κ2) is 12.0. The maximum atomic E-state index is 12.9. The molecule has 1 N–H and O–H groups in total. The smallest absolute Gasteiger partial charge is 0.339 e. The first kappa shape index (κ1) is 24.3. The Bertz CT molecular complexity index is 979. The number of aromatic nitrogens is 1. The number of hydrogen-bond donors (Lipinski definition) is 1. The molecule has 0 saturated heterocycles. The number of methoxy groups -OCH3 is 2. The summed E-state index contributed by atoms with van der Waals surface area (Å²) in [6.45, 7) is 2.73. The summed E-state index contributed by atoms with van der Waals surface area (Å²) in [5, 5.41) is 2.73. The summed E-state index contributed by atoms with van der Waals surface area (Å²) in [6, 6.07) is 8.15. The Morgan fingerprint density at radius 1 is 1.09 bits per heavy atom. The minimum absolute atomic E-state index is 0.200. The maximum absolute atomic E-state index is 12.9. The molecule has 1 fully saturated rings. The zero-order valence-electron chi connectivity index (χ0n) is 19.3. The van der Waals surface area contributed by atoms with Gasteiger partial charge in [0.1, 0.15) is 30.0 Å². The molecule has 2 aromatic rings. The summed E-state index contributed by atoms with van der Waals surface area (Å²) < 4.78 is 21.6. The molecular formula is C25H30N2O6. The van der Waals surface area contributed by atoms with Gasteiger partial charge in [0, 0.05) is 24.9 Å². The monoisotopic (exact) mass is 454 g/mol. The molecule has 1 aromatic carbocycles. The highest BCUT2D eigenvalue weighted by atomic mass is 16.5. The van der Waals surface area contributed by atoms with Crippen molar-refractivity contribution in [3.05, 3.63) is 59.3 Å². The van der Waals surface area contributed by atoms with Crippen molar-refractivity contribution in [3.63, 3.8) is 0 Å². The standard InChI is InChI=1S/C25H30N2O6/c1-17(16-30-2)33-22-13-20(12-21(14-22)32-11-10-18-6-4-5-7-18)24(28)27-23-9-8-19(15-26-23)25(29)31-3/h8-10,12-15,17H,4-7,11,16H2,1-3H3,(H,26,27,28)/t17-/m0/s1. The molecule has 33 heavy (non-hydrogen) atoms. The van der Waals surface area contributed by atoms with Crippen molar-refractivity contribution in [2.45, 2.75) is 38.7 Å². The number of benzene rings is 1. The highest BCUT2D eigenvalue weighted by Crippen LogP contribution is 2.26. The van der Waals surface area contributed by atoms with Crippen LogP contribution in [-0.4, -0.2) is 50.4 Å². The van der Waals surface area contributed by atoms with Crippen LogP contribution in [0.25, 0.3) is 0 Å². The highest BCUT2D eigenvalue weighted by Gasteiger charge is 2.14. The van der Waals surface area contributed by atoms with Gasteiger partial charge in [-0.1, -0.05) is 5.57 Å². The molecule has 1 saturated carbocycles. The predicted molar refractivity (Wildman–Crippen MR) is 124 cm³/mol. The van der Waals surface area contributed by atoms with Crippen LogP contribution in [0, 0.1) is 0 Å². The van der Waals surface area contributed by atoms with Gasteiger partial charge in [0.25, 0.3) is 5.91 Å². The Morgan fingerprint density at radius 3 is 2.52 bits per heavy atom. The Morgan fingerprint density at radius 2 is 1.85 bits per heavy atom. The number of carbonyl (C=O) groups excluding carboxylic acids is 2. The fourth-order valence-corrected chi connectivity index (χ4v) is 3.54. The van der Waals surface area contributed by atoms with E-state index < -0.39 is 5.97 Å². The van der Waals surface area contributed by atoms with Crippen LogP contribution in [-0.2, 0) is 9.47 Å². The lowest BCUT2D eigenvalue weighted by Crippen LogP contribution is -2.19. The van der Waals surface area contributed by atoms with Crippen LogP contribution in [0.15, 0.2) is 48.2 Å². The van der Waals surface area contributed by atoms with Crippen molar-refractivity contribution in [1.29, 1.82) is 0 Å². The van der Waals surface area contributed by atoms with E-state index in [1.807, 2.05) is 6.92 Å². The number of nitrogens with one attached hydrogen (secondary N) is 1. The van der Waals surface area contributed by atoms with Crippen LogP contribution in [0.1, 0.15) is 53.3 Å². The number of ether oxygens (including phenoxy) is 4. The molecule has 8 nitrogen and oxygen atoms in total. The van der Waals surface area contributed by atoms with Gasteiger partial charge in [0.05, 0.1) is 19.3 Å². The number of hydrogen-bond acceptors (Lipinski definition) is 7. The topological polar surface area (TPSA) is 96.0 Å². The van der Waals surface area contributed by atoms with Crippen molar-refractivity contribution >= 4 is 17.7 Å². The van der Waals surface area contributed by atoms with Gasteiger partial charge in [0.15, 0.2) is 0 Å². The van der Waals surface area contributed by atoms with E-state index in [0.717, 1.165) is 12.8 Å². The van der Waals surface area contributed by atoms with E-state index in [1.165, 1.54) is 43.9 Å². The Balaban J connectivity index is 1.75. The maximum Gasteiger partial charge on any atom is 0.339 e. The van der Waals surface area contributed by atoms with Gasteiger partial charge in [-0.05, 0) is 62.9 Å². The average molecular weight is 455 g/mol. The SMILES string of the molecule is COC[C@H](C)Oc1cc(OCC=C2CCCC2)cc(C(=O)Nc2ccc(C(=O)OC)cn2)c1. The summed E-state index contributed by atoms with van der Waals surface area (Å²) in [7, 11) is 2.90. The van der Waals surface area contributed by atoms with E-state index in [4.69, 9.17) is 14.2 Å². The van der Waals surface area contributed by atoms with E-state index in [0.29, 0.717) is 41.7 Å². The molecule has 0 unspecified atom stereocenters. The van der Waals surface area contributed by atoms with Crippen LogP contribution in [0.5, 0.6) is 11.5 Å². The molecule has 1 amide bonds. The lowest BCUT2D eigenvalue weighted by atomic mass is 10.1. The molecule has 1 aliphatic carbocycles. The molecule has 3 rings (SSSR count). The number of amides is 1. The van der Waals surface area contributed by atoms with E-state index in [1.54, 1.807) is 25.3 Å². The largest absolute Gasteiger partial charge is 0.489 e. The molecular weight excluding hydrogens is 424 g/mol. The van der Waals surface area contributed by atoms with E-state index >= 15 is 0 Å². The Hall–Kier alpha value is -3.39. The third-order valence-corrected chi connectivity index (χ3v) is 5.17. The highest BCUT2D eigenvalue weighted by molar-refractivity contribution is 6.04. The number of nitrogens with zero attached hydrogens (tertiary/aromatic N) is 1. The van der Waals surface area contributed by atoms with Crippen molar-refractivity contribution in [1.82, 2.24) is 4.98 Å². The molecule has 0 spiro atoms. The third kappa shape index (κ3) is 7.32. The van der Waals surface area contributed by atoms with E-state index in [-0.39, 0.29) is 12.0 Å². The third-order valence-electron chi connectivity index (χ3n) is 5.17. The predicted octanol–water partition coefficient (Wildman–Crippen LogP) is 4.41. The zero-order valence-corrected chi connectivity index (χ0v) is 19.3. The van der Waals surface area contributed by atoms with Gasteiger partial charge in [0.2, 0.25) is 0 Å². The van der Waals surface area contributed by atoms with Crippen LogP contribution in [0.4, 0.5) is 5.82 Å². The summed E-state index contributed by atoms with van der Waals surface area (Å²) in [4.78, 5) is 28.6. The number of pyridine rings is 1. The lowest BCUT2D eigenvalue weighted by Gasteiger charge is -2.16. The second-order valence-corrected chi connectivity index (χ2v) is 7.84. The minimum atomic E-state index is -0.496. The molecule has 0 bridgehead atoms. The molecule has 1 aromatic heterocycles. The van der Waals surface area contributed by atoms with Gasteiger partial charge in [-0.3, -0.25) is 4.79 Å². The molecule has 8 heteroatoms. The summed E-state index contributed by atoms with van der Waals surface area (Å²) >= 11 is 0.